The molecule has 25 heavy (non-hydrogen) atoms. The smallest absolute Gasteiger partial charge is 0.330 e. The van der Waals surface area contributed by atoms with E-state index in [-0.39, 0.29) is 42.6 Å². The fourth-order valence-electron chi connectivity index (χ4n) is 3.69. The molecule has 0 saturated carbocycles. The molecular formula is C18H28O7. The third-order valence-electron chi connectivity index (χ3n) is 4.72. The molecule has 1 unspecified atom stereocenters. The topological polar surface area (TPSA) is 72.5 Å². The van der Waals surface area contributed by atoms with Crippen LogP contribution in [0.5, 0.6) is 0 Å². The Morgan fingerprint density at radius 2 is 2.00 bits per heavy atom. The average Bonchev–Trinajstić information content (AvgIpc) is 2.97. The zero-order valence-electron chi connectivity index (χ0n) is 15.3. The Bertz CT molecular complexity index is 504. The van der Waals surface area contributed by atoms with Crippen molar-refractivity contribution >= 4 is 5.97 Å². The SMILES string of the molecule is CCOC(=O)/C=C/[C@H]1O[C@@H]2COC(C)(C)O[C@H]2[C@@H]2OC(OCC)C[C@@H]21. The van der Waals surface area contributed by atoms with Gasteiger partial charge in [-0.1, -0.05) is 0 Å². The van der Waals surface area contributed by atoms with Crippen LogP contribution in [0.2, 0.25) is 0 Å². The minimum atomic E-state index is -0.671. The molecule has 6 atom stereocenters. The number of ether oxygens (including phenoxy) is 6. The maximum absolute atomic E-state index is 11.6. The Labute approximate surface area is 148 Å². The van der Waals surface area contributed by atoms with Crippen LogP contribution in [0.15, 0.2) is 12.2 Å². The largest absolute Gasteiger partial charge is 0.463 e. The van der Waals surface area contributed by atoms with Gasteiger partial charge >= 0.3 is 5.97 Å². The van der Waals surface area contributed by atoms with E-state index in [0.717, 1.165) is 0 Å². The molecule has 3 aliphatic rings. The van der Waals surface area contributed by atoms with Crippen LogP contribution in [0.1, 0.15) is 34.1 Å². The summed E-state index contributed by atoms with van der Waals surface area (Å²) < 4.78 is 34.7. The van der Waals surface area contributed by atoms with Gasteiger partial charge in [-0.2, -0.15) is 0 Å². The van der Waals surface area contributed by atoms with Crippen LogP contribution in [0.25, 0.3) is 0 Å². The minimum Gasteiger partial charge on any atom is -0.463 e. The first-order valence-electron chi connectivity index (χ1n) is 9.02. The molecule has 7 heteroatoms. The molecular weight excluding hydrogens is 328 g/mol. The van der Waals surface area contributed by atoms with Crippen LogP contribution < -0.4 is 0 Å². The molecule has 0 amide bonds. The van der Waals surface area contributed by atoms with Gasteiger partial charge in [-0.15, -0.1) is 0 Å². The number of carbonyl (C=O) groups is 1. The summed E-state index contributed by atoms with van der Waals surface area (Å²) in [4.78, 5) is 11.6. The first-order valence-corrected chi connectivity index (χ1v) is 9.02. The van der Waals surface area contributed by atoms with E-state index in [1.807, 2.05) is 20.8 Å². The zero-order valence-corrected chi connectivity index (χ0v) is 15.3. The molecule has 0 N–H and O–H groups in total. The second-order valence-electron chi connectivity index (χ2n) is 6.93. The Kier molecular flexibility index (Phi) is 5.80. The lowest BCUT2D eigenvalue weighted by Gasteiger charge is -2.48. The number of rotatable bonds is 5. The number of fused-ring (bicyclic) bond motifs is 3. The van der Waals surface area contributed by atoms with Gasteiger partial charge in [0, 0.05) is 25.0 Å². The molecule has 3 heterocycles. The van der Waals surface area contributed by atoms with Gasteiger partial charge in [0.1, 0.15) is 12.2 Å². The highest BCUT2D eigenvalue weighted by molar-refractivity contribution is 5.81. The second kappa shape index (κ2) is 7.72. The van der Waals surface area contributed by atoms with Crippen LogP contribution in [0.3, 0.4) is 0 Å². The molecule has 0 aliphatic carbocycles. The maximum atomic E-state index is 11.6. The zero-order chi connectivity index (χ0) is 18.0. The van der Waals surface area contributed by atoms with Crippen LogP contribution in [-0.2, 0) is 33.2 Å². The molecule has 0 spiro atoms. The van der Waals surface area contributed by atoms with Crippen molar-refractivity contribution in [3.05, 3.63) is 12.2 Å². The molecule has 3 rings (SSSR count). The average molecular weight is 356 g/mol. The lowest BCUT2D eigenvalue weighted by molar-refractivity contribution is -0.350. The summed E-state index contributed by atoms with van der Waals surface area (Å²) >= 11 is 0. The van der Waals surface area contributed by atoms with Crippen LogP contribution in [0.4, 0.5) is 0 Å². The third-order valence-corrected chi connectivity index (χ3v) is 4.72. The van der Waals surface area contributed by atoms with Crippen molar-refractivity contribution < 1.29 is 33.2 Å². The van der Waals surface area contributed by atoms with Gasteiger partial charge in [0.2, 0.25) is 0 Å². The third kappa shape index (κ3) is 4.23. The van der Waals surface area contributed by atoms with Gasteiger partial charge < -0.3 is 28.4 Å². The van der Waals surface area contributed by atoms with E-state index in [9.17, 15) is 4.79 Å². The van der Waals surface area contributed by atoms with Gasteiger partial charge in [-0.3, -0.25) is 0 Å². The van der Waals surface area contributed by atoms with E-state index in [1.54, 1.807) is 13.0 Å². The normalized spacial score (nSPS) is 39.8. The minimum absolute atomic E-state index is 0.0531. The number of esters is 1. The lowest BCUT2D eigenvalue weighted by atomic mass is 9.85. The quantitative estimate of drug-likeness (QED) is 0.549. The second-order valence-corrected chi connectivity index (χ2v) is 6.93. The molecule has 0 radical (unpaired) electrons. The molecule has 7 nitrogen and oxygen atoms in total. The van der Waals surface area contributed by atoms with Crippen molar-refractivity contribution in [2.75, 3.05) is 19.8 Å². The fourth-order valence-corrected chi connectivity index (χ4v) is 3.69. The predicted octanol–water partition coefficient (Wildman–Crippen LogP) is 1.79. The van der Waals surface area contributed by atoms with E-state index in [2.05, 4.69) is 0 Å². The Balaban J connectivity index is 1.76. The van der Waals surface area contributed by atoms with Gasteiger partial charge in [-0.25, -0.2) is 4.79 Å². The first-order chi connectivity index (χ1) is 11.9. The van der Waals surface area contributed by atoms with Crippen LogP contribution in [-0.4, -0.2) is 62.3 Å². The summed E-state index contributed by atoms with van der Waals surface area (Å²) in [6.45, 7) is 8.85. The van der Waals surface area contributed by atoms with Crippen molar-refractivity contribution in [2.24, 2.45) is 5.92 Å². The molecule has 0 bridgehead atoms. The van der Waals surface area contributed by atoms with E-state index in [0.29, 0.717) is 26.2 Å². The van der Waals surface area contributed by atoms with Gasteiger partial charge in [0.15, 0.2) is 12.1 Å². The Morgan fingerprint density at radius 1 is 1.20 bits per heavy atom. The summed E-state index contributed by atoms with van der Waals surface area (Å²) in [5.74, 6) is -0.991. The van der Waals surface area contributed by atoms with Crippen molar-refractivity contribution in [3.63, 3.8) is 0 Å². The lowest BCUT2D eigenvalue weighted by Crippen LogP contribution is -2.61. The highest BCUT2D eigenvalue weighted by atomic mass is 16.7. The molecule has 0 aromatic carbocycles. The van der Waals surface area contributed by atoms with E-state index in [4.69, 9.17) is 28.4 Å². The van der Waals surface area contributed by atoms with E-state index >= 15 is 0 Å². The maximum Gasteiger partial charge on any atom is 0.330 e. The predicted molar refractivity (Wildman–Crippen MR) is 87.7 cm³/mol. The molecule has 3 saturated heterocycles. The highest BCUT2D eigenvalue weighted by Crippen LogP contribution is 2.43. The van der Waals surface area contributed by atoms with Crippen molar-refractivity contribution in [2.45, 2.75) is 70.6 Å². The summed E-state index contributed by atoms with van der Waals surface area (Å²) in [6, 6.07) is 0. The fraction of sp³-hybridized carbons (Fsp3) is 0.833. The van der Waals surface area contributed by atoms with Crippen LogP contribution >= 0.6 is 0 Å². The first kappa shape index (κ1) is 18.8. The number of hydrogen-bond acceptors (Lipinski definition) is 7. The van der Waals surface area contributed by atoms with Crippen molar-refractivity contribution in [1.29, 1.82) is 0 Å². The standard InChI is InChI=1S/C18H28O7/c1-5-20-14(19)8-7-12-11-9-15(21-6-2)24-16(11)17-13(23-12)10-22-18(3,4)25-17/h7-8,11-13,15-17H,5-6,9-10H2,1-4H3/b8-7+/t11-,12-,13-,15?,16-,17-/m1/s1. The number of hydrogen-bond donors (Lipinski definition) is 0. The Hall–Kier alpha value is -0.990. The van der Waals surface area contributed by atoms with Crippen LogP contribution in [0, 0.1) is 5.92 Å². The van der Waals surface area contributed by atoms with Gasteiger partial charge in [0.25, 0.3) is 0 Å². The van der Waals surface area contributed by atoms with Crippen molar-refractivity contribution in [1.82, 2.24) is 0 Å². The monoisotopic (exact) mass is 356 g/mol. The summed E-state index contributed by atoms with van der Waals surface area (Å²) in [6.07, 6.45) is 2.71. The van der Waals surface area contributed by atoms with E-state index < -0.39 is 5.79 Å². The summed E-state index contributed by atoms with van der Waals surface area (Å²) in [5.41, 5.74) is 0. The molecule has 0 aromatic rings. The van der Waals surface area contributed by atoms with E-state index in [1.165, 1.54) is 6.08 Å². The molecule has 3 aliphatic heterocycles. The number of carbonyl (C=O) groups excluding carboxylic acids is 1. The molecule has 3 fully saturated rings. The summed E-state index contributed by atoms with van der Waals surface area (Å²) in [7, 11) is 0. The van der Waals surface area contributed by atoms with Gasteiger partial charge in [-0.05, 0) is 33.8 Å². The van der Waals surface area contributed by atoms with Gasteiger partial charge in [0.05, 0.1) is 25.4 Å². The molecule has 142 valence electrons. The summed E-state index contributed by atoms with van der Waals surface area (Å²) in [5, 5.41) is 0. The Morgan fingerprint density at radius 3 is 2.72 bits per heavy atom. The highest BCUT2D eigenvalue weighted by Gasteiger charge is 2.55. The van der Waals surface area contributed by atoms with Crippen molar-refractivity contribution in [3.8, 4) is 0 Å². The molecule has 0 aromatic heterocycles.